The quantitative estimate of drug-likeness (QED) is 0.217. The van der Waals surface area contributed by atoms with Gasteiger partial charge in [-0.15, -0.1) is 5.10 Å². The van der Waals surface area contributed by atoms with Crippen molar-refractivity contribution in [1.29, 1.82) is 0 Å². The third-order valence-electron chi connectivity index (χ3n) is 9.14. The van der Waals surface area contributed by atoms with Crippen LogP contribution in [0.1, 0.15) is 57.5 Å². The fourth-order valence-corrected chi connectivity index (χ4v) is 6.68. The molecule has 0 radical (unpaired) electrons. The van der Waals surface area contributed by atoms with E-state index >= 15 is 4.79 Å². The lowest BCUT2D eigenvalue weighted by atomic mass is 9.93. The monoisotopic (exact) mass is 806 g/mol. The molecule has 1 fully saturated rings. The summed E-state index contributed by atoms with van der Waals surface area (Å²) in [5.41, 5.74) is 1.46. The van der Waals surface area contributed by atoms with Crippen molar-refractivity contribution >= 4 is 41.8 Å². The standard InChI is InChI=1S/C39H46N6O13/c1-22-18-40-36(50)30(16-27-12-8-6-9-13-27)45(37(51)31(17-28-14-10-7-11-15-28)44-19-29(42-43-44)20-54-39(52)41-22)38-35(57-26(5)49)34(56-25(4)48)33(55-24(3)47)32(58-38)21-53-23(2)46/h6-15,19,22,30-35,38H,16-18,20-21H2,1-5H3,(H,40,50)(H,41,52)/t22-,30?,31-,32+,33+,34-,35+,38+/m0/s1. The molecule has 0 spiro atoms. The highest BCUT2D eigenvalue weighted by atomic mass is 16.7. The zero-order chi connectivity index (χ0) is 41.9. The first-order valence-corrected chi connectivity index (χ1v) is 18.5. The summed E-state index contributed by atoms with van der Waals surface area (Å²) in [6.07, 6.45) is -7.72. The van der Waals surface area contributed by atoms with Crippen molar-refractivity contribution in [3.05, 3.63) is 83.7 Å². The molecule has 0 aliphatic carbocycles. The van der Waals surface area contributed by atoms with Gasteiger partial charge in [-0.05, 0) is 18.1 Å². The smallest absolute Gasteiger partial charge is 0.407 e. The summed E-state index contributed by atoms with van der Waals surface area (Å²) in [6, 6.07) is 14.2. The SMILES string of the molecule is CC(=O)OC[C@H]1O[C@@H](N2C(=O)[C@H](Cc3ccccc3)n3cc(nn3)COC(=O)N[C@@H](C)CNC(=O)C2Cc2ccccc2)[C@H](OC(C)=O)[C@@H](OC(C)=O)[C@@H]1OC(C)=O. The fourth-order valence-electron chi connectivity index (χ4n) is 6.68. The van der Waals surface area contributed by atoms with E-state index in [0.717, 1.165) is 32.6 Å². The van der Waals surface area contributed by atoms with Crippen LogP contribution in [0, 0.1) is 0 Å². The summed E-state index contributed by atoms with van der Waals surface area (Å²) in [6.45, 7) is 4.98. The molecule has 2 aliphatic heterocycles. The van der Waals surface area contributed by atoms with Crippen LogP contribution in [-0.4, -0.2) is 118 Å². The van der Waals surface area contributed by atoms with Crippen LogP contribution in [0.2, 0.25) is 0 Å². The fraction of sp³-hybridized carbons (Fsp3) is 0.462. The van der Waals surface area contributed by atoms with Crippen LogP contribution in [0.5, 0.6) is 0 Å². The lowest BCUT2D eigenvalue weighted by Crippen LogP contribution is -2.70. The first kappa shape index (κ1) is 42.8. The molecule has 19 nitrogen and oxygen atoms in total. The molecule has 0 saturated carbocycles. The molecule has 1 saturated heterocycles. The number of fused-ring (bicyclic) bond motifs is 2. The minimum atomic E-state index is -1.79. The molecule has 2 aliphatic rings. The molecular weight excluding hydrogens is 760 g/mol. The number of amides is 3. The molecule has 2 N–H and O–H groups in total. The van der Waals surface area contributed by atoms with Gasteiger partial charge in [0.15, 0.2) is 24.5 Å². The number of cyclic esters (lactones) is 1. The van der Waals surface area contributed by atoms with Crippen LogP contribution in [0.4, 0.5) is 4.79 Å². The van der Waals surface area contributed by atoms with Crippen molar-refractivity contribution in [2.24, 2.45) is 0 Å². The van der Waals surface area contributed by atoms with Crippen LogP contribution in [0.3, 0.4) is 0 Å². The molecule has 2 bridgehead atoms. The van der Waals surface area contributed by atoms with Gasteiger partial charge in [0.2, 0.25) is 5.91 Å². The van der Waals surface area contributed by atoms with Crippen molar-refractivity contribution in [3.63, 3.8) is 0 Å². The molecule has 8 atom stereocenters. The van der Waals surface area contributed by atoms with Crippen molar-refractivity contribution < 1.29 is 62.0 Å². The maximum atomic E-state index is 15.7. The summed E-state index contributed by atoms with van der Waals surface area (Å²) in [7, 11) is 0. The Morgan fingerprint density at radius 3 is 1.93 bits per heavy atom. The largest absolute Gasteiger partial charge is 0.463 e. The number of rotatable bonds is 10. The summed E-state index contributed by atoms with van der Waals surface area (Å²) in [5.74, 6) is -4.90. The molecule has 1 unspecified atom stereocenters. The maximum absolute atomic E-state index is 15.7. The number of benzene rings is 2. The van der Waals surface area contributed by atoms with Gasteiger partial charge in [0.1, 0.15) is 37.1 Å². The van der Waals surface area contributed by atoms with E-state index in [-0.39, 0.29) is 31.7 Å². The van der Waals surface area contributed by atoms with Crippen LogP contribution >= 0.6 is 0 Å². The lowest BCUT2D eigenvalue weighted by molar-refractivity contribution is -0.279. The number of alkyl carbamates (subject to hydrolysis) is 1. The highest BCUT2D eigenvalue weighted by molar-refractivity contribution is 5.90. The van der Waals surface area contributed by atoms with Gasteiger partial charge < -0.3 is 39.1 Å². The minimum Gasteiger partial charge on any atom is -0.463 e. The van der Waals surface area contributed by atoms with Crippen LogP contribution < -0.4 is 10.6 Å². The molecule has 310 valence electrons. The number of nitrogens with zero attached hydrogens (tertiary/aromatic N) is 4. The number of aromatic nitrogens is 3. The number of hydrogen-bond acceptors (Lipinski definition) is 15. The molecular formula is C39H46N6O13. The average Bonchev–Trinajstić information content (AvgIpc) is 3.65. The highest BCUT2D eigenvalue weighted by Gasteiger charge is 2.57. The molecule has 2 aromatic carbocycles. The number of ether oxygens (including phenoxy) is 6. The number of carbonyl (C=O) groups excluding carboxylic acids is 7. The van der Waals surface area contributed by atoms with E-state index in [1.54, 1.807) is 67.6 Å². The van der Waals surface area contributed by atoms with E-state index in [4.69, 9.17) is 28.4 Å². The topological polar surface area (TPSA) is 233 Å². The molecule has 58 heavy (non-hydrogen) atoms. The Morgan fingerprint density at radius 2 is 1.34 bits per heavy atom. The molecule has 1 aromatic heterocycles. The van der Waals surface area contributed by atoms with Crippen molar-refractivity contribution in [1.82, 2.24) is 30.5 Å². The average molecular weight is 807 g/mol. The Labute approximate surface area is 333 Å². The zero-order valence-corrected chi connectivity index (χ0v) is 32.6. The number of esters is 4. The van der Waals surface area contributed by atoms with Gasteiger partial charge in [0, 0.05) is 53.1 Å². The molecule has 3 amide bonds. The zero-order valence-electron chi connectivity index (χ0n) is 32.6. The van der Waals surface area contributed by atoms with Crippen molar-refractivity contribution in [2.45, 2.75) is 103 Å². The molecule has 3 heterocycles. The predicted octanol–water partition coefficient (Wildman–Crippen LogP) is 1.33. The first-order chi connectivity index (χ1) is 27.7. The Bertz CT molecular complexity index is 1940. The van der Waals surface area contributed by atoms with Gasteiger partial charge in [0.05, 0.1) is 6.20 Å². The second-order valence-corrected chi connectivity index (χ2v) is 13.8. The van der Waals surface area contributed by atoms with Crippen molar-refractivity contribution in [3.8, 4) is 0 Å². The van der Waals surface area contributed by atoms with E-state index in [1.807, 2.05) is 0 Å². The van der Waals surface area contributed by atoms with E-state index in [2.05, 4.69) is 20.9 Å². The van der Waals surface area contributed by atoms with Gasteiger partial charge in [-0.3, -0.25) is 33.7 Å². The molecule has 5 rings (SSSR count). The van der Waals surface area contributed by atoms with Gasteiger partial charge in [0.25, 0.3) is 5.91 Å². The van der Waals surface area contributed by atoms with E-state index in [9.17, 15) is 28.8 Å². The third kappa shape index (κ3) is 11.4. The Hall–Kier alpha value is -6.37. The Kier molecular flexibility index (Phi) is 14.5. The maximum Gasteiger partial charge on any atom is 0.407 e. The third-order valence-corrected chi connectivity index (χ3v) is 9.14. The molecule has 19 heteroatoms. The normalized spacial score (nSPS) is 25.4. The summed E-state index contributed by atoms with van der Waals surface area (Å²) < 4.78 is 35.5. The van der Waals surface area contributed by atoms with E-state index in [1.165, 1.54) is 10.9 Å². The molecule has 3 aromatic rings. The van der Waals surface area contributed by atoms with E-state index < -0.39 is 97.2 Å². The van der Waals surface area contributed by atoms with Gasteiger partial charge in [-0.2, -0.15) is 0 Å². The van der Waals surface area contributed by atoms with Crippen LogP contribution in [0.15, 0.2) is 66.9 Å². The van der Waals surface area contributed by atoms with Crippen molar-refractivity contribution in [2.75, 3.05) is 13.2 Å². The summed E-state index contributed by atoms with van der Waals surface area (Å²) >= 11 is 0. The van der Waals surface area contributed by atoms with Crippen LogP contribution in [0.25, 0.3) is 0 Å². The highest BCUT2D eigenvalue weighted by Crippen LogP contribution is 2.34. The minimum absolute atomic E-state index is 0.0255. The van der Waals surface area contributed by atoms with Gasteiger partial charge in [-0.1, -0.05) is 65.9 Å². The van der Waals surface area contributed by atoms with E-state index in [0.29, 0.717) is 11.1 Å². The number of carbonyl (C=O) groups is 7. The second-order valence-electron chi connectivity index (χ2n) is 13.8. The summed E-state index contributed by atoms with van der Waals surface area (Å²) in [5, 5.41) is 13.8. The number of hydrogen-bond donors (Lipinski definition) is 2. The van der Waals surface area contributed by atoms with Gasteiger partial charge in [-0.25, -0.2) is 9.48 Å². The Balaban J connectivity index is 1.78. The number of nitrogens with one attached hydrogen (secondary N) is 2. The Morgan fingerprint density at radius 1 is 0.776 bits per heavy atom. The van der Waals surface area contributed by atoms with Gasteiger partial charge >= 0.3 is 30.0 Å². The second kappa shape index (κ2) is 19.7. The summed E-state index contributed by atoms with van der Waals surface area (Å²) in [4.78, 5) is 94.5. The predicted molar refractivity (Wildman–Crippen MR) is 198 cm³/mol. The first-order valence-electron chi connectivity index (χ1n) is 18.5. The van der Waals surface area contributed by atoms with Crippen LogP contribution in [-0.2, 0) is 76.6 Å². The lowest BCUT2D eigenvalue weighted by Gasteiger charge is -2.49.